The molecule has 0 unspecified atom stereocenters. The van der Waals surface area contributed by atoms with E-state index in [1.807, 2.05) is 13.0 Å². The first-order valence-corrected chi connectivity index (χ1v) is 7.76. The highest BCUT2D eigenvalue weighted by molar-refractivity contribution is 7.98. The lowest BCUT2D eigenvalue weighted by Crippen LogP contribution is -2.07. The molecule has 1 aromatic carbocycles. The summed E-state index contributed by atoms with van der Waals surface area (Å²) in [5, 5.41) is 3.45. The molecule has 0 aliphatic rings. The van der Waals surface area contributed by atoms with Crippen molar-refractivity contribution in [3.8, 4) is 0 Å². The van der Waals surface area contributed by atoms with Crippen LogP contribution in [0, 0.1) is 12.8 Å². The lowest BCUT2D eigenvalue weighted by atomic mass is 10.2. The normalized spacial score (nSPS) is 11.0. The van der Waals surface area contributed by atoms with Gasteiger partial charge in [-0.15, -0.1) is 11.8 Å². The molecule has 4 heteroatoms. The summed E-state index contributed by atoms with van der Waals surface area (Å²) in [5.74, 6) is 1.53. The van der Waals surface area contributed by atoms with Gasteiger partial charge in [-0.1, -0.05) is 26.0 Å². The highest BCUT2D eigenvalue weighted by Gasteiger charge is 2.09. The third-order valence-corrected chi connectivity index (χ3v) is 3.61. The SMILES string of the molecule is CSc1ccccc1Nc1nc(C)cn1CC(C)C. The average molecular weight is 275 g/mol. The topological polar surface area (TPSA) is 29.9 Å². The van der Waals surface area contributed by atoms with E-state index >= 15 is 0 Å². The van der Waals surface area contributed by atoms with Crippen LogP contribution in [-0.4, -0.2) is 15.8 Å². The summed E-state index contributed by atoms with van der Waals surface area (Å²) in [7, 11) is 0. The average Bonchev–Trinajstić information content (AvgIpc) is 2.69. The molecule has 0 radical (unpaired) electrons. The number of aryl methyl sites for hydroxylation is 1. The molecule has 0 spiro atoms. The first-order chi connectivity index (χ1) is 9.10. The van der Waals surface area contributed by atoms with Crippen molar-refractivity contribution >= 4 is 23.4 Å². The number of imidazole rings is 1. The van der Waals surface area contributed by atoms with E-state index in [4.69, 9.17) is 0 Å². The van der Waals surface area contributed by atoms with Crippen molar-refractivity contribution < 1.29 is 0 Å². The Labute approximate surface area is 119 Å². The summed E-state index contributed by atoms with van der Waals surface area (Å²) in [5.41, 5.74) is 2.16. The Kier molecular flexibility index (Phi) is 4.53. The third kappa shape index (κ3) is 3.53. The Bertz CT molecular complexity index is 546. The van der Waals surface area contributed by atoms with Crippen LogP contribution >= 0.6 is 11.8 Å². The quantitative estimate of drug-likeness (QED) is 0.824. The summed E-state index contributed by atoms with van der Waals surface area (Å²) >= 11 is 1.74. The lowest BCUT2D eigenvalue weighted by Gasteiger charge is -2.13. The van der Waals surface area contributed by atoms with Crippen molar-refractivity contribution in [2.24, 2.45) is 5.92 Å². The number of hydrogen-bond acceptors (Lipinski definition) is 3. The molecule has 0 saturated carbocycles. The van der Waals surface area contributed by atoms with Crippen LogP contribution in [0.4, 0.5) is 11.6 Å². The zero-order chi connectivity index (χ0) is 13.8. The fraction of sp³-hybridized carbons (Fsp3) is 0.400. The molecule has 0 aliphatic heterocycles. The van der Waals surface area contributed by atoms with Gasteiger partial charge in [0.05, 0.1) is 11.4 Å². The summed E-state index contributed by atoms with van der Waals surface area (Å²) in [6.45, 7) is 7.44. The van der Waals surface area contributed by atoms with Crippen LogP contribution in [0.5, 0.6) is 0 Å². The monoisotopic (exact) mass is 275 g/mol. The summed E-state index contributed by atoms with van der Waals surface area (Å²) in [6, 6.07) is 8.32. The molecule has 0 aliphatic carbocycles. The number of nitrogens with zero attached hydrogens (tertiary/aromatic N) is 2. The van der Waals surface area contributed by atoms with Gasteiger partial charge in [-0.3, -0.25) is 0 Å². The number of benzene rings is 1. The van der Waals surface area contributed by atoms with Gasteiger partial charge >= 0.3 is 0 Å². The van der Waals surface area contributed by atoms with Gasteiger partial charge in [0.1, 0.15) is 0 Å². The van der Waals surface area contributed by atoms with Gasteiger partial charge in [-0.25, -0.2) is 4.98 Å². The molecule has 1 aromatic heterocycles. The van der Waals surface area contributed by atoms with Crippen LogP contribution in [0.1, 0.15) is 19.5 Å². The Morgan fingerprint density at radius 2 is 2.05 bits per heavy atom. The van der Waals surface area contributed by atoms with E-state index in [0.29, 0.717) is 5.92 Å². The van der Waals surface area contributed by atoms with Gasteiger partial charge < -0.3 is 9.88 Å². The molecule has 2 rings (SSSR count). The van der Waals surface area contributed by atoms with E-state index in [1.165, 1.54) is 4.90 Å². The number of hydrogen-bond donors (Lipinski definition) is 1. The minimum atomic E-state index is 0.602. The predicted octanol–water partition coefficient (Wildman–Crippen LogP) is 4.31. The number of anilines is 2. The highest BCUT2D eigenvalue weighted by Crippen LogP contribution is 2.27. The zero-order valence-electron chi connectivity index (χ0n) is 12.0. The number of nitrogens with one attached hydrogen (secondary N) is 1. The molecule has 102 valence electrons. The Morgan fingerprint density at radius 1 is 1.32 bits per heavy atom. The third-order valence-electron chi connectivity index (χ3n) is 2.81. The number of rotatable bonds is 5. The van der Waals surface area contributed by atoms with Gasteiger partial charge in [0.15, 0.2) is 0 Å². The number of aromatic nitrogens is 2. The molecule has 19 heavy (non-hydrogen) atoms. The van der Waals surface area contributed by atoms with Crippen molar-refractivity contribution in [3.05, 3.63) is 36.2 Å². The van der Waals surface area contributed by atoms with Gasteiger partial charge in [-0.05, 0) is 31.2 Å². The standard InChI is InChI=1S/C15H21N3S/c1-11(2)9-18-10-12(3)16-15(18)17-13-7-5-6-8-14(13)19-4/h5-8,10-11H,9H2,1-4H3,(H,16,17). The highest BCUT2D eigenvalue weighted by atomic mass is 32.2. The van der Waals surface area contributed by atoms with E-state index in [-0.39, 0.29) is 0 Å². The molecule has 0 bridgehead atoms. The molecule has 1 heterocycles. The maximum Gasteiger partial charge on any atom is 0.207 e. The van der Waals surface area contributed by atoms with Crippen molar-refractivity contribution in [2.45, 2.75) is 32.2 Å². The predicted molar refractivity (Wildman–Crippen MR) is 83.3 cm³/mol. The number of thioether (sulfide) groups is 1. The van der Waals surface area contributed by atoms with Crippen LogP contribution in [0.2, 0.25) is 0 Å². The maximum atomic E-state index is 4.58. The molecular weight excluding hydrogens is 254 g/mol. The fourth-order valence-electron chi connectivity index (χ4n) is 2.05. The van der Waals surface area contributed by atoms with E-state index in [1.54, 1.807) is 11.8 Å². The summed E-state index contributed by atoms with van der Waals surface area (Å²) < 4.78 is 2.19. The Morgan fingerprint density at radius 3 is 2.74 bits per heavy atom. The molecular formula is C15H21N3S. The molecule has 0 atom stereocenters. The minimum Gasteiger partial charge on any atom is -0.325 e. The van der Waals surface area contributed by atoms with Crippen LogP contribution in [-0.2, 0) is 6.54 Å². The summed E-state index contributed by atoms with van der Waals surface area (Å²) in [6.07, 6.45) is 4.19. The Balaban J connectivity index is 2.27. The van der Waals surface area contributed by atoms with E-state index in [0.717, 1.165) is 23.9 Å². The second-order valence-corrected chi connectivity index (χ2v) is 5.93. The van der Waals surface area contributed by atoms with E-state index < -0.39 is 0 Å². The van der Waals surface area contributed by atoms with Crippen molar-refractivity contribution in [1.29, 1.82) is 0 Å². The Hall–Kier alpha value is -1.42. The van der Waals surface area contributed by atoms with Gasteiger partial charge in [-0.2, -0.15) is 0 Å². The molecule has 3 nitrogen and oxygen atoms in total. The van der Waals surface area contributed by atoms with Gasteiger partial charge in [0.2, 0.25) is 5.95 Å². The second-order valence-electron chi connectivity index (χ2n) is 5.08. The van der Waals surface area contributed by atoms with Crippen LogP contribution in [0.15, 0.2) is 35.4 Å². The van der Waals surface area contributed by atoms with Crippen LogP contribution in [0.3, 0.4) is 0 Å². The smallest absolute Gasteiger partial charge is 0.207 e. The van der Waals surface area contributed by atoms with Crippen LogP contribution in [0.25, 0.3) is 0 Å². The molecule has 0 fully saturated rings. The van der Waals surface area contributed by atoms with Crippen molar-refractivity contribution in [2.75, 3.05) is 11.6 Å². The molecule has 0 amide bonds. The van der Waals surface area contributed by atoms with E-state index in [2.05, 4.69) is 59.4 Å². The largest absolute Gasteiger partial charge is 0.325 e. The molecule has 2 aromatic rings. The van der Waals surface area contributed by atoms with Gasteiger partial charge in [0, 0.05) is 17.6 Å². The first-order valence-electron chi connectivity index (χ1n) is 6.54. The van der Waals surface area contributed by atoms with Crippen LogP contribution < -0.4 is 5.32 Å². The molecule has 1 N–H and O–H groups in total. The minimum absolute atomic E-state index is 0.602. The number of para-hydroxylation sites is 1. The molecule has 0 saturated heterocycles. The fourth-order valence-corrected chi connectivity index (χ4v) is 2.60. The van der Waals surface area contributed by atoms with Crippen molar-refractivity contribution in [1.82, 2.24) is 9.55 Å². The lowest BCUT2D eigenvalue weighted by molar-refractivity contribution is 0.527. The summed E-state index contributed by atoms with van der Waals surface area (Å²) in [4.78, 5) is 5.81. The van der Waals surface area contributed by atoms with Crippen molar-refractivity contribution in [3.63, 3.8) is 0 Å². The zero-order valence-corrected chi connectivity index (χ0v) is 12.8. The van der Waals surface area contributed by atoms with E-state index in [9.17, 15) is 0 Å². The maximum absolute atomic E-state index is 4.58. The first kappa shape index (κ1) is 14.0. The second kappa shape index (κ2) is 6.15. The van der Waals surface area contributed by atoms with Gasteiger partial charge in [0.25, 0.3) is 0 Å².